The van der Waals surface area contributed by atoms with Crippen LogP contribution in [0.2, 0.25) is 0 Å². The fraction of sp³-hybridized carbons (Fsp3) is 0. The third-order valence-corrected chi connectivity index (χ3v) is 3.74. The zero-order valence-electron chi connectivity index (χ0n) is 11.4. The molecule has 0 saturated carbocycles. The van der Waals surface area contributed by atoms with Gasteiger partial charge in [-0.3, -0.25) is 0 Å². The van der Waals surface area contributed by atoms with Crippen LogP contribution in [-0.4, -0.2) is 9.59 Å². The number of hydrogen-bond acceptors (Lipinski definition) is 3. The Kier molecular flexibility index (Phi) is 4.34. The van der Waals surface area contributed by atoms with Gasteiger partial charge >= 0.3 is 0 Å². The largest absolute Gasteiger partial charge is 0.138 e. The molecule has 1 aromatic heterocycles. The standard InChI is InChI=1S/C12H10.C6H4N2S/c1-3-7-11(8-4-1)12-9-5-2-6-10-12;1-2-4-6-5(3-1)7-8-9-6/h1-10H;1-4H. The average molecular weight is 290 g/mol. The topological polar surface area (TPSA) is 25.8 Å². The molecule has 0 aliphatic heterocycles. The summed E-state index contributed by atoms with van der Waals surface area (Å²) in [6.07, 6.45) is 0. The summed E-state index contributed by atoms with van der Waals surface area (Å²) in [5.74, 6) is 0. The highest BCUT2D eigenvalue weighted by Crippen LogP contribution is 2.17. The van der Waals surface area contributed by atoms with Crippen molar-refractivity contribution in [1.82, 2.24) is 9.59 Å². The molecule has 0 fully saturated rings. The Hall–Kier alpha value is -2.52. The van der Waals surface area contributed by atoms with Crippen LogP contribution in [0.5, 0.6) is 0 Å². The highest BCUT2D eigenvalue weighted by atomic mass is 32.1. The number of nitrogens with zero attached hydrogens (tertiary/aromatic N) is 2. The minimum atomic E-state index is 0.988. The molecule has 0 atom stereocenters. The molecule has 21 heavy (non-hydrogen) atoms. The first kappa shape index (κ1) is 13.5. The van der Waals surface area contributed by atoms with Crippen molar-refractivity contribution in [2.75, 3.05) is 0 Å². The molecule has 3 aromatic carbocycles. The van der Waals surface area contributed by atoms with Gasteiger partial charge in [-0.2, -0.15) is 0 Å². The molecule has 0 amide bonds. The van der Waals surface area contributed by atoms with Crippen LogP contribution in [-0.2, 0) is 0 Å². The summed E-state index contributed by atoms with van der Waals surface area (Å²) in [7, 11) is 0. The first-order valence-corrected chi connectivity index (χ1v) is 7.48. The van der Waals surface area contributed by atoms with Crippen LogP contribution in [0.25, 0.3) is 21.3 Å². The minimum Gasteiger partial charge on any atom is -0.138 e. The number of benzene rings is 3. The zero-order valence-corrected chi connectivity index (χ0v) is 12.2. The molecule has 0 unspecified atom stereocenters. The monoisotopic (exact) mass is 290 g/mol. The van der Waals surface area contributed by atoms with Crippen molar-refractivity contribution >= 4 is 21.7 Å². The van der Waals surface area contributed by atoms with Crippen LogP contribution in [0.1, 0.15) is 0 Å². The minimum absolute atomic E-state index is 0.988. The lowest BCUT2D eigenvalue weighted by atomic mass is 10.1. The molecule has 0 saturated heterocycles. The van der Waals surface area contributed by atoms with E-state index in [-0.39, 0.29) is 0 Å². The van der Waals surface area contributed by atoms with Gasteiger partial charge in [-0.05, 0) is 34.8 Å². The van der Waals surface area contributed by atoms with Crippen LogP contribution in [0, 0.1) is 0 Å². The molecule has 4 rings (SSSR count). The Morgan fingerprint density at radius 2 is 1.10 bits per heavy atom. The van der Waals surface area contributed by atoms with Crippen molar-refractivity contribution < 1.29 is 0 Å². The Morgan fingerprint density at radius 1 is 0.571 bits per heavy atom. The predicted molar refractivity (Wildman–Crippen MR) is 89.3 cm³/mol. The molecule has 102 valence electrons. The van der Waals surface area contributed by atoms with Gasteiger partial charge in [0.1, 0.15) is 5.52 Å². The van der Waals surface area contributed by atoms with Crippen molar-refractivity contribution in [3.05, 3.63) is 84.9 Å². The maximum atomic E-state index is 3.89. The van der Waals surface area contributed by atoms with Crippen LogP contribution in [0.3, 0.4) is 0 Å². The smallest absolute Gasteiger partial charge is 0.105 e. The molecule has 0 spiro atoms. The molecule has 0 aliphatic rings. The maximum absolute atomic E-state index is 3.89. The number of hydrogen-bond donors (Lipinski definition) is 0. The van der Waals surface area contributed by atoms with E-state index in [1.54, 1.807) is 0 Å². The van der Waals surface area contributed by atoms with E-state index in [0.29, 0.717) is 0 Å². The van der Waals surface area contributed by atoms with Crippen LogP contribution in [0.4, 0.5) is 0 Å². The summed E-state index contributed by atoms with van der Waals surface area (Å²) in [5, 5.41) is 3.89. The summed E-state index contributed by atoms with van der Waals surface area (Å²) in [6, 6.07) is 28.7. The Labute approximate surface area is 127 Å². The van der Waals surface area contributed by atoms with E-state index >= 15 is 0 Å². The molecule has 0 bridgehead atoms. The summed E-state index contributed by atoms with van der Waals surface area (Å²) >= 11 is 1.43. The second-order valence-corrected chi connectivity index (χ2v) is 5.26. The first-order valence-electron chi connectivity index (χ1n) is 6.71. The summed E-state index contributed by atoms with van der Waals surface area (Å²) in [5.41, 5.74) is 3.54. The van der Waals surface area contributed by atoms with Crippen LogP contribution < -0.4 is 0 Å². The molecular weight excluding hydrogens is 276 g/mol. The van der Waals surface area contributed by atoms with Gasteiger partial charge in [0.25, 0.3) is 0 Å². The fourth-order valence-corrected chi connectivity index (χ4v) is 2.55. The molecule has 3 heteroatoms. The second kappa shape index (κ2) is 6.77. The van der Waals surface area contributed by atoms with E-state index in [0.717, 1.165) is 10.2 Å². The van der Waals surface area contributed by atoms with Crippen molar-refractivity contribution in [3.63, 3.8) is 0 Å². The van der Waals surface area contributed by atoms with E-state index in [2.05, 4.69) is 58.1 Å². The number of fused-ring (bicyclic) bond motifs is 1. The van der Waals surface area contributed by atoms with Gasteiger partial charge in [-0.15, -0.1) is 5.10 Å². The van der Waals surface area contributed by atoms with Gasteiger partial charge < -0.3 is 0 Å². The van der Waals surface area contributed by atoms with Gasteiger partial charge in [-0.25, -0.2) is 0 Å². The molecule has 0 radical (unpaired) electrons. The highest BCUT2D eigenvalue weighted by Gasteiger charge is 1.92. The van der Waals surface area contributed by atoms with Gasteiger partial charge in [0.2, 0.25) is 0 Å². The highest BCUT2D eigenvalue weighted by molar-refractivity contribution is 7.12. The third kappa shape index (κ3) is 3.52. The SMILES string of the molecule is c1ccc(-c2ccccc2)cc1.c1ccc2snnc2c1. The van der Waals surface area contributed by atoms with Crippen molar-refractivity contribution in [1.29, 1.82) is 0 Å². The Morgan fingerprint density at radius 3 is 1.67 bits per heavy atom. The molecule has 0 N–H and O–H groups in total. The lowest BCUT2D eigenvalue weighted by molar-refractivity contribution is 1.20. The van der Waals surface area contributed by atoms with Gasteiger partial charge in [-0.1, -0.05) is 77.3 Å². The molecule has 0 aliphatic carbocycles. The normalized spacial score (nSPS) is 9.90. The second-order valence-electron chi connectivity index (χ2n) is 4.47. The average Bonchev–Trinajstić information content (AvgIpc) is 3.06. The predicted octanol–water partition coefficient (Wildman–Crippen LogP) is 5.04. The summed E-state index contributed by atoms with van der Waals surface area (Å²) < 4.78 is 4.94. The lowest BCUT2D eigenvalue weighted by Gasteiger charge is -1.98. The quantitative estimate of drug-likeness (QED) is 0.490. The fourth-order valence-electron chi connectivity index (χ4n) is 1.99. The third-order valence-electron chi connectivity index (χ3n) is 3.03. The molecule has 4 aromatic rings. The zero-order chi connectivity index (χ0) is 14.3. The Balaban J connectivity index is 0.000000131. The van der Waals surface area contributed by atoms with E-state index in [4.69, 9.17) is 0 Å². The maximum Gasteiger partial charge on any atom is 0.105 e. The molecular formula is C18H14N2S. The summed E-state index contributed by atoms with van der Waals surface area (Å²) in [6.45, 7) is 0. The first-order chi connectivity index (χ1) is 10.4. The number of rotatable bonds is 1. The van der Waals surface area contributed by atoms with E-state index < -0.39 is 0 Å². The van der Waals surface area contributed by atoms with E-state index in [1.165, 1.54) is 22.7 Å². The van der Waals surface area contributed by atoms with Crippen LogP contribution >= 0.6 is 11.5 Å². The molecule has 2 nitrogen and oxygen atoms in total. The number of aromatic nitrogens is 2. The van der Waals surface area contributed by atoms with Gasteiger partial charge in [0, 0.05) is 0 Å². The van der Waals surface area contributed by atoms with Crippen molar-refractivity contribution in [2.24, 2.45) is 0 Å². The van der Waals surface area contributed by atoms with Crippen molar-refractivity contribution in [2.45, 2.75) is 0 Å². The van der Waals surface area contributed by atoms with Gasteiger partial charge in [0.15, 0.2) is 0 Å². The summed E-state index contributed by atoms with van der Waals surface area (Å²) in [4.78, 5) is 0. The van der Waals surface area contributed by atoms with Gasteiger partial charge in [0.05, 0.1) is 4.70 Å². The van der Waals surface area contributed by atoms with Crippen molar-refractivity contribution in [3.8, 4) is 11.1 Å². The van der Waals surface area contributed by atoms with E-state index in [9.17, 15) is 0 Å². The van der Waals surface area contributed by atoms with E-state index in [1.807, 2.05) is 36.4 Å². The Bertz CT molecular complexity index is 727. The van der Waals surface area contributed by atoms with Crippen LogP contribution in [0.15, 0.2) is 84.9 Å². The lowest BCUT2D eigenvalue weighted by Crippen LogP contribution is -1.73. The molecule has 1 heterocycles.